The van der Waals surface area contributed by atoms with E-state index in [1.807, 2.05) is 56.6 Å². The molecule has 0 unspecified atom stereocenters. The minimum Gasteiger partial charge on any atom is -0.345 e. The van der Waals surface area contributed by atoms with Crippen molar-refractivity contribution in [2.75, 3.05) is 0 Å². The lowest BCUT2D eigenvalue weighted by atomic mass is 10.1. The number of benzene rings is 1. The zero-order valence-electron chi connectivity index (χ0n) is 15.8. The summed E-state index contributed by atoms with van der Waals surface area (Å²) in [5.74, 6) is -0.369. The van der Waals surface area contributed by atoms with Crippen molar-refractivity contribution in [3.05, 3.63) is 63.2 Å². The van der Waals surface area contributed by atoms with Crippen molar-refractivity contribution in [3.63, 3.8) is 0 Å². The second-order valence-electron chi connectivity index (χ2n) is 6.58. The van der Waals surface area contributed by atoms with Crippen LogP contribution in [0.15, 0.2) is 35.1 Å². The van der Waals surface area contributed by atoms with Crippen LogP contribution < -0.4 is 10.9 Å². The average molecular weight is 352 g/mol. The maximum atomic E-state index is 12.8. The highest BCUT2D eigenvalue weighted by atomic mass is 16.2. The number of carbonyl (C=O) groups is 1. The van der Waals surface area contributed by atoms with Gasteiger partial charge >= 0.3 is 0 Å². The zero-order chi connectivity index (χ0) is 19.0. The first-order chi connectivity index (χ1) is 12.3. The second-order valence-corrected chi connectivity index (χ2v) is 6.58. The van der Waals surface area contributed by atoms with Gasteiger partial charge in [-0.05, 0) is 45.2 Å². The summed E-state index contributed by atoms with van der Waals surface area (Å²) in [6.07, 6.45) is 0. The fraction of sp³-hybridized carbons (Fsp3) is 0.350. The Hall–Kier alpha value is -2.89. The Morgan fingerprint density at radius 3 is 2.62 bits per heavy atom. The molecule has 0 saturated carbocycles. The molecule has 1 N–H and O–H groups in total. The molecule has 26 heavy (non-hydrogen) atoms. The van der Waals surface area contributed by atoms with Gasteiger partial charge in [0.25, 0.3) is 11.5 Å². The number of carbonyl (C=O) groups excluding carboxylic acids is 1. The summed E-state index contributed by atoms with van der Waals surface area (Å²) in [7, 11) is 1.68. The van der Waals surface area contributed by atoms with Gasteiger partial charge in [0.05, 0.1) is 17.3 Å². The third kappa shape index (κ3) is 2.92. The number of para-hydroxylation sites is 1. The number of aromatic nitrogens is 3. The van der Waals surface area contributed by atoms with Crippen LogP contribution in [0.1, 0.15) is 47.2 Å². The van der Waals surface area contributed by atoms with Gasteiger partial charge in [-0.2, -0.15) is 5.10 Å². The number of nitrogens with one attached hydrogen (secondary N) is 1. The Morgan fingerprint density at radius 2 is 1.96 bits per heavy atom. The smallest absolute Gasteiger partial charge is 0.263 e. The molecule has 0 saturated heterocycles. The molecule has 6 nitrogen and oxygen atoms in total. The summed E-state index contributed by atoms with van der Waals surface area (Å²) >= 11 is 0. The van der Waals surface area contributed by atoms with Gasteiger partial charge in [-0.15, -0.1) is 0 Å². The standard InChI is InChI=1S/C20H24N4O2/c1-6-24-14(4)18(13(3)22-24)12(2)21-19(25)16-11-15-9-7-8-10-17(15)23(5)20(16)26/h7-12H,6H2,1-5H3,(H,21,25)/t12-/m0/s1. The lowest BCUT2D eigenvalue weighted by molar-refractivity contribution is 0.0938. The van der Waals surface area contributed by atoms with Crippen molar-refractivity contribution in [1.82, 2.24) is 19.7 Å². The summed E-state index contributed by atoms with van der Waals surface area (Å²) in [6.45, 7) is 8.66. The summed E-state index contributed by atoms with van der Waals surface area (Å²) in [4.78, 5) is 25.4. The number of fused-ring (bicyclic) bond motifs is 1. The van der Waals surface area contributed by atoms with E-state index in [-0.39, 0.29) is 23.1 Å². The van der Waals surface area contributed by atoms with Crippen molar-refractivity contribution >= 4 is 16.8 Å². The van der Waals surface area contributed by atoms with Gasteiger partial charge < -0.3 is 9.88 Å². The first-order valence-corrected chi connectivity index (χ1v) is 8.78. The highest BCUT2D eigenvalue weighted by molar-refractivity contribution is 5.97. The van der Waals surface area contributed by atoms with E-state index in [0.29, 0.717) is 0 Å². The number of rotatable bonds is 4. The monoisotopic (exact) mass is 352 g/mol. The molecule has 0 aliphatic rings. The van der Waals surface area contributed by atoms with Crippen LogP contribution in [0, 0.1) is 13.8 Å². The van der Waals surface area contributed by atoms with Crippen LogP contribution in [0.4, 0.5) is 0 Å². The lowest BCUT2D eigenvalue weighted by Crippen LogP contribution is -2.34. The number of pyridine rings is 1. The number of amides is 1. The Labute approximate surface area is 152 Å². The number of hydrogen-bond acceptors (Lipinski definition) is 3. The van der Waals surface area contributed by atoms with Gasteiger partial charge in [-0.25, -0.2) is 0 Å². The van der Waals surface area contributed by atoms with Gasteiger partial charge in [-0.3, -0.25) is 14.3 Å². The summed E-state index contributed by atoms with van der Waals surface area (Å²) in [5, 5.41) is 8.32. The molecule has 136 valence electrons. The minimum atomic E-state index is -0.369. The van der Waals surface area contributed by atoms with Crippen LogP contribution in [-0.4, -0.2) is 20.3 Å². The topological polar surface area (TPSA) is 68.9 Å². The fourth-order valence-electron chi connectivity index (χ4n) is 3.58. The van der Waals surface area contributed by atoms with E-state index < -0.39 is 0 Å². The molecule has 2 heterocycles. The summed E-state index contributed by atoms with van der Waals surface area (Å²) in [5.41, 5.74) is 3.57. The molecular weight excluding hydrogens is 328 g/mol. The normalized spacial score (nSPS) is 12.3. The highest BCUT2D eigenvalue weighted by Gasteiger charge is 2.21. The molecule has 1 amide bonds. The van der Waals surface area contributed by atoms with E-state index in [4.69, 9.17) is 0 Å². The van der Waals surface area contributed by atoms with Gasteiger partial charge in [-0.1, -0.05) is 18.2 Å². The predicted molar refractivity (Wildman–Crippen MR) is 102 cm³/mol. The van der Waals surface area contributed by atoms with E-state index in [9.17, 15) is 9.59 Å². The number of hydrogen-bond donors (Lipinski definition) is 1. The van der Waals surface area contributed by atoms with Crippen molar-refractivity contribution in [2.45, 2.75) is 40.3 Å². The second kappa shape index (κ2) is 6.78. The minimum absolute atomic E-state index is 0.149. The fourth-order valence-corrected chi connectivity index (χ4v) is 3.58. The quantitative estimate of drug-likeness (QED) is 0.785. The van der Waals surface area contributed by atoms with Gasteiger partial charge in [0.2, 0.25) is 0 Å². The van der Waals surface area contributed by atoms with Crippen LogP contribution >= 0.6 is 0 Å². The van der Waals surface area contributed by atoms with E-state index in [0.717, 1.165) is 34.4 Å². The molecular formula is C20H24N4O2. The number of aryl methyl sites for hydroxylation is 3. The highest BCUT2D eigenvalue weighted by Crippen LogP contribution is 2.22. The molecule has 2 aromatic heterocycles. The van der Waals surface area contributed by atoms with Crippen molar-refractivity contribution in [2.24, 2.45) is 7.05 Å². The average Bonchev–Trinajstić information content (AvgIpc) is 2.91. The van der Waals surface area contributed by atoms with Crippen molar-refractivity contribution < 1.29 is 4.79 Å². The number of nitrogens with zero attached hydrogens (tertiary/aromatic N) is 3. The predicted octanol–water partition coefficient (Wildman–Crippen LogP) is 2.86. The van der Waals surface area contributed by atoms with Gasteiger partial charge in [0.1, 0.15) is 5.56 Å². The Kier molecular flexibility index (Phi) is 4.68. The Bertz CT molecular complexity index is 1050. The Morgan fingerprint density at radius 1 is 1.27 bits per heavy atom. The molecule has 1 aromatic carbocycles. The van der Waals surface area contributed by atoms with Crippen molar-refractivity contribution in [1.29, 1.82) is 0 Å². The van der Waals surface area contributed by atoms with Gasteiger partial charge in [0, 0.05) is 24.8 Å². The lowest BCUT2D eigenvalue weighted by Gasteiger charge is -2.16. The molecule has 0 aliphatic heterocycles. The van der Waals surface area contributed by atoms with Crippen LogP contribution in [-0.2, 0) is 13.6 Å². The molecule has 0 radical (unpaired) electrons. The zero-order valence-corrected chi connectivity index (χ0v) is 15.8. The largest absolute Gasteiger partial charge is 0.345 e. The third-order valence-electron chi connectivity index (χ3n) is 4.90. The van der Waals surface area contributed by atoms with Crippen LogP contribution in [0.5, 0.6) is 0 Å². The van der Waals surface area contributed by atoms with E-state index in [1.165, 1.54) is 4.57 Å². The molecule has 0 bridgehead atoms. The molecule has 0 aliphatic carbocycles. The maximum absolute atomic E-state index is 12.8. The summed E-state index contributed by atoms with van der Waals surface area (Å²) < 4.78 is 3.43. The van der Waals surface area contributed by atoms with Gasteiger partial charge in [0.15, 0.2) is 0 Å². The molecule has 3 rings (SSSR count). The molecule has 0 spiro atoms. The van der Waals surface area contributed by atoms with E-state index >= 15 is 0 Å². The summed E-state index contributed by atoms with van der Waals surface area (Å²) in [6, 6.07) is 8.96. The first-order valence-electron chi connectivity index (χ1n) is 8.78. The Balaban J connectivity index is 1.96. The maximum Gasteiger partial charge on any atom is 0.263 e. The van der Waals surface area contributed by atoms with E-state index in [2.05, 4.69) is 10.4 Å². The SMILES string of the molecule is CCn1nc(C)c([C@H](C)NC(=O)c2cc3ccccc3n(C)c2=O)c1C. The molecule has 3 aromatic rings. The van der Waals surface area contributed by atoms with E-state index in [1.54, 1.807) is 13.1 Å². The molecule has 6 heteroatoms. The first kappa shape index (κ1) is 17.9. The van der Waals surface area contributed by atoms with Crippen LogP contribution in [0.25, 0.3) is 10.9 Å². The molecule has 1 atom stereocenters. The van der Waals surface area contributed by atoms with Crippen molar-refractivity contribution in [3.8, 4) is 0 Å². The molecule has 0 fully saturated rings. The van der Waals surface area contributed by atoms with Crippen LogP contribution in [0.3, 0.4) is 0 Å². The van der Waals surface area contributed by atoms with Crippen LogP contribution in [0.2, 0.25) is 0 Å². The third-order valence-corrected chi connectivity index (χ3v) is 4.90.